The van der Waals surface area contributed by atoms with Crippen LogP contribution in [0.4, 0.5) is 0 Å². The van der Waals surface area contributed by atoms with Crippen molar-refractivity contribution in [1.82, 2.24) is 14.8 Å². The Morgan fingerprint density at radius 2 is 2.07 bits per heavy atom. The fraction of sp³-hybridized carbons (Fsp3) is 0.200. The molecule has 0 saturated heterocycles. The van der Waals surface area contributed by atoms with E-state index in [0.717, 1.165) is 17.1 Å². The standard InChI is InChI=1S/C10H10ClN3/c1-7-3-4-9(11)10(5-7)14-6-12-8(2)13-14/h3-6H,1-2H3. The number of nitrogens with zero attached hydrogens (tertiary/aromatic N) is 3. The van der Waals surface area contributed by atoms with Crippen molar-refractivity contribution in [3.63, 3.8) is 0 Å². The minimum Gasteiger partial charge on any atom is -0.220 e. The van der Waals surface area contributed by atoms with Crippen LogP contribution in [0, 0.1) is 13.8 Å². The van der Waals surface area contributed by atoms with Gasteiger partial charge in [-0.2, -0.15) is 5.10 Å². The van der Waals surface area contributed by atoms with Crippen LogP contribution in [0.5, 0.6) is 0 Å². The van der Waals surface area contributed by atoms with Crippen LogP contribution in [0.15, 0.2) is 24.5 Å². The van der Waals surface area contributed by atoms with Gasteiger partial charge in [-0.3, -0.25) is 0 Å². The minimum atomic E-state index is 0.681. The van der Waals surface area contributed by atoms with Crippen LogP contribution >= 0.6 is 11.6 Å². The molecule has 0 bridgehead atoms. The molecular weight excluding hydrogens is 198 g/mol. The third kappa shape index (κ3) is 1.63. The van der Waals surface area contributed by atoms with Crippen molar-refractivity contribution in [2.75, 3.05) is 0 Å². The third-order valence-electron chi connectivity index (χ3n) is 1.95. The Balaban J connectivity index is 2.55. The number of hydrogen-bond acceptors (Lipinski definition) is 2. The first-order valence-corrected chi connectivity index (χ1v) is 4.69. The smallest absolute Gasteiger partial charge is 0.147 e. The molecule has 3 nitrogen and oxygen atoms in total. The van der Waals surface area contributed by atoms with Gasteiger partial charge in [-0.1, -0.05) is 17.7 Å². The van der Waals surface area contributed by atoms with Gasteiger partial charge in [0.25, 0.3) is 0 Å². The molecule has 1 aromatic heterocycles. The van der Waals surface area contributed by atoms with Gasteiger partial charge < -0.3 is 0 Å². The van der Waals surface area contributed by atoms with Crippen LogP contribution in [0.2, 0.25) is 5.02 Å². The van der Waals surface area contributed by atoms with E-state index in [1.807, 2.05) is 32.0 Å². The summed E-state index contributed by atoms with van der Waals surface area (Å²) in [6.07, 6.45) is 1.66. The molecule has 14 heavy (non-hydrogen) atoms. The lowest BCUT2D eigenvalue weighted by molar-refractivity contribution is 0.861. The quantitative estimate of drug-likeness (QED) is 0.720. The highest BCUT2D eigenvalue weighted by Crippen LogP contribution is 2.20. The Morgan fingerprint density at radius 1 is 1.29 bits per heavy atom. The van der Waals surface area contributed by atoms with Crippen molar-refractivity contribution in [2.24, 2.45) is 0 Å². The SMILES string of the molecule is Cc1ccc(Cl)c(-n2cnc(C)n2)c1. The predicted molar refractivity (Wildman–Crippen MR) is 55.8 cm³/mol. The number of hydrogen-bond donors (Lipinski definition) is 0. The maximum absolute atomic E-state index is 6.05. The second-order valence-electron chi connectivity index (χ2n) is 3.19. The normalized spacial score (nSPS) is 10.5. The monoisotopic (exact) mass is 207 g/mol. The van der Waals surface area contributed by atoms with Gasteiger partial charge in [0.05, 0.1) is 10.7 Å². The molecule has 4 heteroatoms. The van der Waals surface area contributed by atoms with Crippen LogP contribution in [0.25, 0.3) is 5.69 Å². The van der Waals surface area contributed by atoms with E-state index in [0.29, 0.717) is 5.02 Å². The predicted octanol–water partition coefficient (Wildman–Crippen LogP) is 2.54. The molecule has 0 radical (unpaired) electrons. The molecule has 0 aliphatic rings. The Hall–Kier alpha value is -1.35. The van der Waals surface area contributed by atoms with Crippen LogP contribution in [-0.4, -0.2) is 14.8 Å². The van der Waals surface area contributed by atoms with E-state index in [4.69, 9.17) is 11.6 Å². The average molecular weight is 208 g/mol. The minimum absolute atomic E-state index is 0.681. The fourth-order valence-corrected chi connectivity index (χ4v) is 1.46. The van der Waals surface area contributed by atoms with Crippen molar-refractivity contribution in [3.05, 3.63) is 40.9 Å². The molecule has 1 heterocycles. The van der Waals surface area contributed by atoms with Gasteiger partial charge in [0, 0.05) is 0 Å². The molecule has 0 aliphatic heterocycles. The average Bonchev–Trinajstić information content (AvgIpc) is 2.56. The van der Waals surface area contributed by atoms with E-state index < -0.39 is 0 Å². The Morgan fingerprint density at radius 3 is 2.71 bits per heavy atom. The molecule has 72 valence electrons. The molecule has 2 aromatic rings. The van der Waals surface area contributed by atoms with Crippen LogP contribution in [-0.2, 0) is 0 Å². The second kappa shape index (κ2) is 3.42. The Bertz CT molecular complexity index is 462. The van der Waals surface area contributed by atoms with Crippen molar-refractivity contribution in [1.29, 1.82) is 0 Å². The van der Waals surface area contributed by atoms with Gasteiger partial charge >= 0.3 is 0 Å². The first-order chi connectivity index (χ1) is 6.66. The van der Waals surface area contributed by atoms with E-state index in [-0.39, 0.29) is 0 Å². The van der Waals surface area contributed by atoms with Crippen LogP contribution in [0.1, 0.15) is 11.4 Å². The summed E-state index contributed by atoms with van der Waals surface area (Å²) in [7, 11) is 0. The number of aryl methyl sites for hydroxylation is 2. The Labute approximate surface area is 87.3 Å². The fourth-order valence-electron chi connectivity index (χ4n) is 1.26. The highest BCUT2D eigenvalue weighted by atomic mass is 35.5. The topological polar surface area (TPSA) is 30.7 Å². The zero-order chi connectivity index (χ0) is 10.1. The molecule has 2 rings (SSSR count). The lowest BCUT2D eigenvalue weighted by Crippen LogP contribution is -1.96. The van der Waals surface area contributed by atoms with Crippen molar-refractivity contribution in [2.45, 2.75) is 13.8 Å². The van der Waals surface area contributed by atoms with Gasteiger partial charge in [0.1, 0.15) is 12.2 Å². The summed E-state index contributed by atoms with van der Waals surface area (Å²) in [6.45, 7) is 3.86. The molecule has 0 amide bonds. The zero-order valence-electron chi connectivity index (χ0n) is 8.03. The highest BCUT2D eigenvalue weighted by molar-refractivity contribution is 6.32. The number of aromatic nitrogens is 3. The third-order valence-corrected chi connectivity index (χ3v) is 2.27. The van der Waals surface area contributed by atoms with Crippen molar-refractivity contribution >= 4 is 11.6 Å². The first kappa shape index (κ1) is 9.21. The van der Waals surface area contributed by atoms with Gasteiger partial charge in [-0.25, -0.2) is 9.67 Å². The van der Waals surface area contributed by atoms with Gasteiger partial charge in [-0.05, 0) is 31.5 Å². The highest BCUT2D eigenvalue weighted by Gasteiger charge is 2.04. The summed E-state index contributed by atoms with van der Waals surface area (Å²) in [5.74, 6) is 0.738. The maximum atomic E-state index is 6.05. The summed E-state index contributed by atoms with van der Waals surface area (Å²) in [6, 6.07) is 5.81. The molecule has 0 atom stereocenters. The zero-order valence-corrected chi connectivity index (χ0v) is 8.78. The maximum Gasteiger partial charge on any atom is 0.147 e. The van der Waals surface area contributed by atoms with Crippen LogP contribution < -0.4 is 0 Å². The van der Waals surface area contributed by atoms with Gasteiger partial charge in [0.2, 0.25) is 0 Å². The van der Waals surface area contributed by atoms with Crippen molar-refractivity contribution < 1.29 is 0 Å². The van der Waals surface area contributed by atoms with E-state index in [1.54, 1.807) is 11.0 Å². The molecule has 0 aliphatic carbocycles. The molecule has 0 unspecified atom stereocenters. The molecule has 0 spiro atoms. The van der Waals surface area contributed by atoms with Gasteiger partial charge in [0.15, 0.2) is 0 Å². The number of benzene rings is 1. The summed E-state index contributed by atoms with van der Waals surface area (Å²) < 4.78 is 1.69. The molecule has 0 N–H and O–H groups in total. The number of rotatable bonds is 1. The first-order valence-electron chi connectivity index (χ1n) is 4.31. The molecule has 0 fully saturated rings. The van der Waals surface area contributed by atoms with Crippen LogP contribution in [0.3, 0.4) is 0 Å². The Kier molecular flexibility index (Phi) is 2.25. The van der Waals surface area contributed by atoms with E-state index in [9.17, 15) is 0 Å². The lowest BCUT2D eigenvalue weighted by Gasteiger charge is -2.03. The van der Waals surface area contributed by atoms with E-state index in [2.05, 4.69) is 10.1 Å². The van der Waals surface area contributed by atoms with E-state index >= 15 is 0 Å². The summed E-state index contributed by atoms with van der Waals surface area (Å²) in [5, 5.41) is 4.88. The van der Waals surface area contributed by atoms with Gasteiger partial charge in [-0.15, -0.1) is 0 Å². The largest absolute Gasteiger partial charge is 0.220 e. The summed E-state index contributed by atoms with van der Waals surface area (Å²) >= 11 is 6.05. The molecule has 1 aromatic carbocycles. The molecule has 0 saturated carbocycles. The second-order valence-corrected chi connectivity index (χ2v) is 3.60. The summed E-state index contributed by atoms with van der Waals surface area (Å²) in [4.78, 5) is 4.06. The molecular formula is C10H10ClN3. The summed E-state index contributed by atoms with van der Waals surface area (Å²) in [5.41, 5.74) is 2.02. The number of halogens is 1. The lowest BCUT2D eigenvalue weighted by atomic mass is 10.2. The van der Waals surface area contributed by atoms with E-state index in [1.165, 1.54) is 0 Å². The van der Waals surface area contributed by atoms with Crippen molar-refractivity contribution in [3.8, 4) is 5.69 Å².